The summed E-state index contributed by atoms with van der Waals surface area (Å²) < 4.78 is 0. The lowest BCUT2D eigenvalue weighted by Crippen LogP contribution is -2.46. The van der Waals surface area contributed by atoms with E-state index < -0.39 is 0 Å². The Kier molecular flexibility index (Phi) is 4.00. The quantitative estimate of drug-likeness (QED) is 0.666. The van der Waals surface area contributed by atoms with E-state index in [0.29, 0.717) is 6.04 Å². The molecule has 2 aliphatic heterocycles. The van der Waals surface area contributed by atoms with E-state index in [1.807, 2.05) is 24.3 Å². The van der Waals surface area contributed by atoms with Crippen LogP contribution in [-0.2, 0) is 9.59 Å². The first-order valence-electron chi connectivity index (χ1n) is 8.06. The molecule has 1 aromatic rings. The Labute approximate surface area is 139 Å². The number of hydrogen-bond acceptors (Lipinski definition) is 5. The first-order chi connectivity index (χ1) is 11.2. The van der Waals surface area contributed by atoms with Crippen LogP contribution >= 0.6 is 11.8 Å². The molecule has 3 atom stereocenters. The lowest BCUT2D eigenvalue weighted by molar-refractivity contribution is -0.124. The van der Waals surface area contributed by atoms with Crippen LogP contribution in [0.3, 0.4) is 0 Å². The summed E-state index contributed by atoms with van der Waals surface area (Å²) in [5, 5.41) is 5.47. The molecular formula is C16H20N4O2S. The third-order valence-corrected chi connectivity index (χ3v) is 5.81. The maximum Gasteiger partial charge on any atom is 0.238 e. The van der Waals surface area contributed by atoms with Crippen LogP contribution in [0, 0.1) is 5.92 Å². The van der Waals surface area contributed by atoms with Gasteiger partial charge in [-0.25, -0.2) is 5.43 Å². The number of rotatable bonds is 4. The second-order valence-electron chi connectivity index (χ2n) is 6.38. The first kappa shape index (κ1) is 15.0. The molecule has 2 fully saturated rings. The molecule has 23 heavy (non-hydrogen) atoms. The number of amides is 2. The molecule has 1 saturated carbocycles. The number of benzene rings is 1. The van der Waals surface area contributed by atoms with Crippen molar-refractivity contribution in [3.8, 4) is 0 Å². The van der Waals surface area contributed by atoms with E-state index in [4.69, 9.17) is 0 Å². The Bertz CT molecular complexity index is 634. The minimum Gasteiger partial charge on any atom is -0.339 e. The highest BCUT2D eigenvalue weighted by atomic mass is 32.2. The molecule has 2 heterocycles. The molecule has 4 rings (SSSR count). The number of carbonyl (C=O) groups is 2. The minimum absolute atomic E-state index is 0.0444. The zero-order valence-corrected chi connectivity index (χ0v) is 13.5. The zero-order chi connectivity index (χ0) is 15.8. The van der Waals surface area contributed by atoms with Gasteiger partial charge in [0, 0.05) is 17.4 Å². The summed E-state index contributed by atoms with van der Waals surface area (Å²) in [6.45, 7) is 0. The van der Waals surface area contributed by atoms with Gasteiger partial charge in [0.25, 0.3) is 0 Å². The maximum absolute atomic E-state index is 12.2. The number of hydrazine groups is 1. The number of hydrogen-bond donors (Lipinski definition) is 4. The van der Waals surface area contributed by atoms with Crippen molar-refractivity contribution in [2.24, 2.45) is 5.92 Å². The highest BCUT2D eigenvalue weighted by molar-refractivity contribution is 8.01. The standard InChI is InChI=1S/C16H20N4O2S/c21-15(18-14-7-11(19-20-14)9-5-6-9)8-13-16(22)17-10-3-1-2-4-12(10)23-13/h1-4,9,11,13-14,19-20H,5-8H2,(H,17,22)(H,18,21). The highest BCUT2D eigenvalue weighted by Crippen LogP contribution is 2.37. The topological polar surface area (TPSA) is 82.3 Å². The fourth-order valence-corrected chi connectivity index (χ4v) is 4.24. The SMILES string of the molecule is O=C(CC1Sc2ccccc2NC1=O)NC1CC(C2CC2)NN1. The summed E-state index contributed by atoms with van der Waals surface area (Å²) in [6.07, 6.45) is 3.61. The average molecular weight is 332 g/mol. The molecule has 0 bridgehead atoms. The Morgan fingerprint density at radius 1 is 1.26 bits per heavy atom. The van der Waals surface area contributed by atoms with Gasteiger partial charge in [-0.1, -0.05) is 12.1 Å². The van der Waals surface area contributed by atoms with Crippen LogP contribution in [-0.4, -0.2) is 29.3 Å². The van der Waals surface area contributed by atoms with Gasteiger partial charge in [-0.2, -0.15) is 0 Å². The molecule has 0 spiro atoms. The molecule has 2 amide bonds. The molecular weight excluding hydrogens is 312 g/mol. The van der Waals surface area contributed by atoms with E-state index in [1.54, 1.807) is 0 Å². The summed E-state index contributed by atoms with van der Waals surface area (Å²) in [5.41, 5.74) is 7.21. The van der Waals surface area contributed by atoms with Gasteiger partial charge in [0.15, 0.2) is 0 Å². The maximum atomic E-state index is 12.2. The zero-order valence-electron chi connectivity index (χ0n) is 12.7. The van der Waals surface area contributed by atoms with Gasteiger partial charge >= 0.3 is 0 Å². The predicted octanol–water partition coefficient (Wildman–Crippen LogP) is 1.21. The van der Waals surface area contributed by atoms with Crippen LogP contribution in [0.4, 0.5) is 5.69 Å². The minimum atomic E-state index is -0.376. The van der Waals surface area contributed by atoms with Crippen LogP contribution in [0.2, 0.25) is 0 Å². The Morgan fingerprint density at radius 2 is 2.09 bits per heavy atom. The van der Waals surface area contributed by atoms with Crippen LogP contribution in [0.1, 0.15) is 25.7 Å². The van der Waals surface area contributed by atoms with Crippen molar-refractivity contribution in [1.29, 1.82) is 0 Å². The van der Waals surface area contributed by atoms with Gasteiger partial charge in [0.1, 0.15) is 0 Å². The largest absolute Gasteiger partial charge is 0.339 e. The van der Waals surface area contributed by atoms with Gasteiger partial charge in [-0.15, -0.1) is 11.8 Å². The van der Waals surface area contributed by atoms with Gasteiger partial charge in [0.05, 0.1) is 17.1 Å². The van der Waals surface area contributed by atoms with Crippen LogP contribution < -0.4 is 21.5 Å². The van der Waals surface area contributed by atoms with Crippen LogP contribution in [0.25, 0.3) is 0 Å². The average Bonchev–Trinajstić information content (AvgIpc) is 3.28. The third-order valence-electron chi connectivity index (χ3n) is 4.54. The summed E-state index contributed by atoms with van der Waals surface area (Å²) in [7, 11) is 0. The highest BCUT2D eigenvalue weighted by Gasteiger charge is 2.37. The molecule has 0 radical (unpaired) electrons. The number of carbonyl (C=O) groups excluding carboxylic acids is 2. The third kappa shape index (κ3) is 3.36. The number of para-hydroxylation sites is 1. The molecule has 0 aromatic heterocycles. The van der Waals surface area contributed by atoms with Gasteiger partial charge < -0.3 is 10.6 Å². The van der Waals surface area contributed by atoms with Crippen molar-refractivity contribution in [2.75, 3.05) is 5.32 Å². The van der Waals surface area contributed by atoms with E-state index in [9.17, 15) is 9.59 Å². The van der Waals surface area contributed by atoms with Crippen molar-refractivity contribution in [2.45, 2.75) is 48.0 Å². The molecule has 6 nitrogen and oxygen atoms in total. The number of fused-ring (bicyclic) bond motifs is 1. The molecule has 1 aliphatic carbocycles. The van der Waals surface area contributed by atoms with Gasteiger partial charge in [0.2, 0.25) is 11.8 Å². The Hall–Kier alpha value is -1.57. The fraction of sp³-hybridized carbons (Fsp3) is 0.500. The Balaban J connectivity index is 1.31. The first-order valence-corrected chi connectivity index (χ1v) is 8.94. The van der Waals surface area contributed by atoms with Crippen LogP contribution in [0.15, 0.2) is 29.2 Å². The summed E-state index contributed by atoms with van der Waals surface area (Å²) in [4.78, 5) is 25.4. The number of anilines is 1. The van der Waals surface area contributed by atoms with E-state index in [-0.39, 0.29) is 29.7 Å². The van der Waals surface area contributed by atoms with Crippen molar-refractivity contribution >= 4 is 29.3 Å². The van der Waals surface area contributed by atoms with Crippen molar-refractivity contribution in [3.05, 3.63) is 24.3 Å². The van der Waals surface area contributed by atoms with E-state index in [0.717, 1.165) is 22.9 Å². The fourth-order valence-electron chi connectivity index (χ4n) is 3.13. The Morgan fingerprint density at radius 3 is 2.91 bits per heavy atom. The van der Waals surface area contributed by atoms with Gasteiger partial charge in [-0.3, -0.25) is 15.0 Å². The predicted molar refractivity (Wildman–Crippen MR) is 88.7 cm³/mol. The monoisotopic (exact) mass is 332 g/mol. The molecule has 1 saturated heterocycles. The molecule has 3 aliphatic rings. The summed E-state index contributed by atoms with van der Waals surface area (Å²) in [5.74, 6) is 0.561. The van der Waals surface area contributed by atoms with Gasteiger partial charge in [-0.05, 0) is 37.3 Å². The lowest BCUT2D eigenvalue weighted by atomic mass is 10.1. The van der Waals surface area contributed by atoms with Crippen molar-refractivity contribution < 1.29 is 9.59 Å². The molecule has 3 unspecified atom stereocenters. The molecule has 122 valence electrons. The van der Waals surface area contributed by atoms with Crippen LogP contribution in [0.5, 0.6) is 0 Å². The molecule has 4 N–H and O–H groups in total. The number of nitrogens with one attached hydrogen (secondary N) is 4. The van der Waals surface area contributed by atoms with Crippen molar-refractivity contribution in [1.82, 2.24) is 16.2 Å². The van der Waals surface area contributed by atoms with E-state index >= 15 is 0 Å². The normalized spacial score (nSPS) is 29.7. The summed E-state index contributed by atoms with van der Waals surface area (Å²) >= 11 is 1.46. The summed E-state index contributed by atoms with van der Waals surface area (Å²) in [6, 6.07) is 8.13. The molecule has 7 heteroatoms. The molecule has 1 aromatic carbocycles. The lowest BCUT2D eigenvalue weighted by Gasteiger charge is -2.24. The van der Waals surface area contributed by atoms with E-state index in [2.05, 4.69) is 21.5 Å². The van der Waals surface area contributed by atoms with E-state index in [1.165, 1.54) is 24.6 Å². The van der Waals surface area contributed by atoms with Crippen molar-refractivity contribution in [3.63, 3.8) is 0 Å². The smallest absolute Gasteiger partial charge is 0.238 e. The number of thioether (sulfide) groups is 1. The second kappa shape index (κ2) is 6.14. The second-order valence-corrected chi connectivity index (χ2v) is 7.63.